The maximum absolute atomic E-state index is 15.4. The summed E-state index contributed by atoms with van der Waals surface area (Å²) in [5.74, 6) is -2.66. The van der Waals surface area contributed by atoms with E-state index in [4.69, 9.17) is 10.5 Å². The lowest BCUT2D eigenvalue weighted by atomic mass is 10.0. The summed E-state index contributed by atoms with van der Waals surface area (Å²) in [6.45, 7) is 2.71. The van der Waals surface area contributed by atoms with Gasteiger partial charge in [0.05, 0.1) is 12.2 Å². The highest BCUT2D eigenvalue weighted by molar-refractivity contribution is 5.77. The predicted octanol–water partition coefficient (Wildman–Crippen LogP) is 4.43. The lowest BCUT2D eigenvalue weighted by Gasteiger charge is -2.17. The van der Waals surface area contributed by atoms with Crippen molar-refractivity contribution in [2.75, 3.05) is 33.5 Å². The minimum absolute atomic E-state index is 0.0246. The fraction of sp³-hybridized carbons (Fsp3) is 0.200. The van der Waals surface area contributed by atoms with Gasteiger partial charge in [0.1, 0.15) is 29.6 Å². The van der Waals surface area contributed by atoms with E-state index in [1.165, 1.54) is 35.9 Å². The summed E-state index contributed by atoms with van der Waals surface area (Å²) in [5, 5.41) is 0. The molecule has 2 aromatic carbocycles. The molecule has 2 aromatic heterocycles. The van der Waals surface area contributed by atoms with Crippen LogP contribution in [0.15, 0.2) is 88.9 Å². The Kier molecular flexibility index (Phi) is 8.80. The van der Waals surface area contributed by atoms with Crippen LogP contribution < -0.4 is 17.0 Å². The number of nitrogens with two attached hydrogens (primary N) is 1. The van der Waals surface area contributed by atoms with E-state index in [0.717, 1.165) is 16.8 Å². The van der Waals surface area contributed by atoms with Gasteiger partial charge in [0.15, 0.2) is 0 Å². The highest BCUT2D eigenvalue weighted by Crippen LogP contribution is 2.29. The lowest BCUT2D eigenvalue weighted by Crippen LogP contribution is -2.43. The van der Waals surface area contributed by atoms with Crippen LogP contribution in [-0.2, 0) is 17.8 Å². The molecule has 0 saturated heterocycles. The molecule has 0 spiro atoms. The van der Waals surface area contributed by atoms with Crippen molar-refractivity contribution in [3.05, 3.63) is 123 Å². The second-order valence-corrected chi connectivity index (χ2v) is 9.57. The number of hydrogen-bond acceptors (Lipinski definition) is 5. The predicted molar refractivity (Wildman–Crippen MR) is 154 cm³/mol. The van der Waals surface area contributed by atoms with Gasteiger partial charge in [-0.3, -0.25) is 9.31 Å². The van der Waals surface area contributed by atoms with E-state index >= 15 is 4.39 Å². The Balaban J connectivity index is 2.21. The van der Waals surface area contributed by atoms with Crippen molar-refractivity contribution in [3.63, 3.8) is 0 Å². The summed E-state index contributed by atoms with van der Waals surface area (Å²) in [6, 6.07) is 10.3. The number of hydrogen-bond donors (Lipinski definition) is 1. The Morgan fingerprint density at radius 1 is 1.07 bits per heavy atom. The van der Waals surface area contributed by atoms with Crippen LogP contribution in [0.4, 0.5) is 18.9 Å². The van der Waals surface area contributed by atoms with E-state index in [0.29, 0.717) is 26.9 Å². The standard InChI is InChI=1S/C30H30F3N5O3/c1-5-6-10-27(26(33)18-41-4)38-29(39)28-22(15-35(2)3)21(19-11-13-20(34)14-12-19)16-36(28)37(30(38)40)17-23-24(31)8-7-9-25(23)32/h5-14,16H,1,15,17-18,34H2,2-4H3/b10-6-,27-26-. The number of aromatic nitrogens is 3. The van der Waals surface area contributed by atoms with Crippen molar-refractivity contribution in [3.8, 4) is 11.1 Å². The van der Waals surface area contributed by atoms with Gasteiger partial charge < -0.3 is 15.4 Å². The van der Waals surface area contributed by atoms with Gasteiger partial charge in [0.25, 0.3) is 5.56 Å². The van der Waals surface area contributed by atoms with Crippen molar-refractivity contribution < 1.29 is 17.9 Å². The number of anilines is 1. The Morgan fingerprint density at radius 2 is 1.73 bits per heavy atom. The molecular formula is C30H30F3N5O3. The van der Waals surface area contributed by atoms with E-state index in [1.807, 2.05) is 4.90 Å². The quantitative estimate of drug-likeness (QED) is 0.227. The molecule has 0 saturated carbocycles. The number of ether oxygens (including phenoxy) is 1. The van der Waals surface area contributed by atoms with E-state index in [-0.39, 0.29) is 12.1 Å². The minimum atomic E-state index is -1.02. The van der Waals surface area contributed by atoms with Crippen molar-refractivity contribution in [2.24, 2.45) is 0 Å². The van der Waals surface area contributed by atoms with Gasteiger partial charge in [-0.25, -0.2) is 27.2 Å². The Hall–Kier alpha value is -4.61. The zero-order valence-corrected chi connectivity index (χ0v) is 22.9. The SMILES string of the molecule is C=C/C=C\C(=C(\F)COC)n1c(=O)c2c(CN(C)C)c(-c3ccc(N)cc3)cn2n(Cc2c(F)cccc2F)c1=O. The molecule has 0 radical (unpaired) electrons. The molecule has 214 valence electrons. The van der Waals surface area contributed by atoms with Crippen molar-refractivity contribution in [2.45, 2.75) is 13.1 Å². The first-order valence-electron chi connectivity index (χ1n) is 12.6. The molecule has 8 nitrogen and oxygen atoms in total. The van der Waals surface area contributed by atoms with Gasteiger partial charge >= 0.3 is 5.69 Å². The van der Waals surface area contributed by atoms with Gasteiger partial charge in [0, 0.05) is 42.2 Å². The molecule has 0 unspecified atom stereocenters. The molecule has 4 rings (SSSR count). The van der Waals surface area contributed by atoms with Gasteiger partial charge in [-0.15, -0.1) is 0 Å². The van der Waals surface area contributed by atoms with Crippen LogP contribution in [0.25, 0.3) is 22.3 Å². The summed E-state index contributed by atoms with van der Waals surface area (Å²) >= 11 is 0. The zero-order valence-electron chi connectivity index (χ0n) is 22.9. The number of methoxy groups -OCH3 is 1. The van der Waals surface area contributed by atoms with Crippen LogP contribution in [0.3, 0.4) is 0 Å². The highest BCUT2D eigenvalue weighted by Gasteiger charge is 2.25. The van der Waals surface area contributed by atoms with Crippen LogP contribution in [-0.4, -0.2) is 46.5 Å². The van der Waals surface area contributed by atoms with Crippen LogP contribution in [0.1, 0.15) is 11.1 Å². The molecule has 0 atom stereocenters. The van der Waals surface area contributed by atoms with Gasteiger partial charge in [0.2, 0.25) is 0 Å². The minimum Gasteiger partial charge on any atom is -0.399 e. The molecule has 41 heavy (non-hydrogen) atoms. The normalized spacial score (nSPS) is 12.5. The molecule has 0 fully saturated rings. The van der Waals surface area contributed by atoms with Gasteiger partial charge in [-0.1, -0.05) is 36.9 Å². The molecule has 4 aromatic rings. The molecule has 2 N–H and O–H groups in total. The fourth-order valence-electron chi connectivity index (χ4n) is 4.57. The summed E-state index contributed by atoms with van der Waals surface area (Å²) in [5.41, 5.74) is 5.58. The molecule has 0 aliphatic heterocycles. The third kappa shape index (κ3) is 5.81. The van der Waals surface area contributed by atoms with Crippen molar-refractivity contribution in [1.29, 1.82) is 0 Å². The maximum atomic E-state index is 15.4. The summed E-state index contributed by atoms with van der Waals surface area (Å²) in [4.78, 5) is 30.0. The van der Waals surface area contributed by atoms with E-state index < -0.39 is 53.1 Å². The summed E-state index contributed by atoms with van der Waals surface area (Å²) in [6.07, 6.45) is 5.48. The number of benzene rings is 2. The number of nitrogens with zero attached hydrogens (tertiary/aromatic N) is 4. The number of fused-ring (bicyclic) bond motifs is 1. The van der Waals surface area contributed by atoms with Crippen LogP contribution in [0, 0.1) is 11.6 Å². The number of rotatable bonds is 10. The van der Waals surface area contributed by atoms with E-state index in [1.54, 1.807) is 44.6 Å². The smallest absolute Gasteiger partial charge is 0.351 e. The molecule has 11 heteroatoms. The van der Waals surface area contributed by atoms with Crippen LogP contribution in [0.2, 0.25) is 0 Å². The van der Waals surface area contributed by atoms with E-state index in [2.05, 4.69) is 6.58 Å². The Morgan fingerprint density at radius 3 is 2.32 bits per heavy atom. The number of halogens is 3. The third-order valence-electron chi connectivity index (χ3n) is 6.41. The molecule has 0 aliphatic rings. The first kappa shape index (κ1) is 29.4. The third-order valence-corrected chi connectivity index (χ3v) is 6.41. The number of nitrogen functional groups attached to an aromatic ring is 1. The van der Waals surface area contributed by atoms with Gasteiger partial charge in [-0.05, 0) is 50.0 Å². The number of allylic oxidation sites excluding steroid dienone is 4. The van der Waals surface area contributed by atoms with Gasteiger partial charge in [-0.2, -0.15) is 0 Å². The summed E-state index contributed by atoms with van der Waals surface area (Å²) < 4.78 is 52.8. The van der Waals surface area contributed by atoms with Crippen LogP contribution >= 0.6 is 0 Å². The first-order chi connectivity index (χ1) is 19.6. The average molecular weight is 566 g/mol. The summed E-state index contributed by atoms with van der Waals surface area (Å²) in [7, 11) is 4.87. The van der Waals surface area contributed by atoms with Crippen molar-refractivity contribution >= 4 is 16.9 Å². The lowest BCUT2D eigenvalue weighted by molar-refractivity contribution is 0.206. The largest absolute Gasteiger partial charge is 0.399 e. The molecule has 0 aliphatic carbocycles. The van der Waals surface area contributed by atoms with Crippen LogP contribution in [0.5, 0.6) is 0 Å². The second-order valence-electron chi connectivity index (χ2n) is 9.57. The van der Waals surface area contributed by atoms with Crippen molar-refractivity contribution in [1.82, 2.24) is 18.7 Å². The second kappa shape index (κ2) is 12.3. The maximum Gasteiger partial charge on any atom is 0.351 e. The van der Waals surface area contributed by atoms with E-state index in [9.17, 15) is 18.4 Å². The fourth-order valence-corrected chi connectivity index (χ4v) is 4.57. The Bertz CT molecular complexity index is 1760. The molecular weight excluding hydrogens is 535 g/mol. The highest BCUT2D eigenvalue weighted by atomic mass is 19.1. The Labute approximate surface area is 234 Å². The molecule has 0 bridgehead atoms. The monoisotopic (exact) mass is 565 g/mol. The molecule has 0 amide bonds. The average Bonchev–Trinajstić information content (AvgIpc) is 3.28. The molecule has 2 heterocycles. The first-order valence-corrected chi connectivity index (χ1v) is 12.6. The topological polar surface area (TPSA) is 86.9 Å². The zero-order chi connectivity index (χ0) is 29.8.